The largest absolute Gasteiger partial charge is 0.466 e. The summed E-state index contributed by atoms with van der Waals surface area (Å²) in [5.74, 6) is 0.700. The third-order valence-corrected chi connectivity index (χ3v) is 4.22. The van der Waals surface area contributed by atoms with Gasteiger partial charge in [-0.1, -0.05) is 6.07 Å². The van der Waals surface area contributed by atoms with Crippen molar-refractivity contribution in [2.75, 3.05) is 33.3 Å². The Morgan fingerprint density at radius 2 is 2.28 bits per heavy atom. The minimum atomic E-state index is -0.0941. The predicted molar refractivity (Wildman–Crippen MR) is 110 cm³/mol. The van der Waals surface area contributed by atoms with Gasteiger partial charge < -0.3 is 15.0 Å². The summed E-state index contributed by atoms with van der Waals surface area (Å²) >= 11 is 0. The average molecular weight is 460 g/mol. The highest BCUT2D eigenvalue weighted by molar-refractivity contribution is 14.0. The molecule has 0 amide bonds. The number of likely N-dealkylation sites (tertiary alicyclic amines) is 1. The van der Waals surface area contributed by atoms with Gasteiger partial charge in [-0.15, -0.1) is 24.0 Å². The summed E-state index contributed by atoms with van der Waals surface area (Å²) in [6, 6.07) is 4.13. The number of aliphatic imine (C=N–C) groups is 1. The summed E-state index contributed by atoms with van der Waals surface area (Å²) in [7, 11) is 1.78. The van der Waals surface area contributed by atoms with Gasteiger partial charge in [0.2, 0.25) is 0 Å². The van der Waals surface area contributed by atoms with Crippen LogP contribution >= 0.6 is 24.0 Å². The topological polar surface area (TPSA) is 66.8 Å². The molecule has 7 heteroatoms. The van der Waals surface area contributed by atoms with Gasteiger partial charge in [-0.2, -0.15) is 0 Å². The molecule has 25 heavy (non-hydrogen) atoms. The molecule has 0 aromatic carbocycles. The van der Waals surface area contributed by atoms with Gasteiger partial charge in [0.15, 0.2) is 5.96 Å². The monoisotopic (exact) mass is 460 g/mol. The SMILES string of the molecule is CCOC(=O)[C@H]1CCCN(C(=NC)NCCc2ccc(C)nc2)C1.I. The maximum atomic E-state index is 12.0. The van der Waals surface area contributed by atoms with Crippen LogP contribution in [-0.4, -0.2) is 55.1 Å². The number of piperidine rings is 1. The summed E-state index contributed by atoms with van der Waals surface area (Å²) in [5.41, 5.74) is 2.23. The predicted octanol–water partition coefficient (Wildman–Crippen LogP) is 2.40. The summed E-state index contributed by atoms with van der Waals surface area (Å²) in [6.07, 6.45) is 4.67. The lowest BCUT2D eigenvalue weighted by atomic mass is 9.98. The first kappa shape index (κ1) is 21.7. The maximum absolute atomic E-state index is 12.0. The Morgan fingerprint density at radius 3 is 2.92 bits per heavy atom. The summed E-state index contributed by atoms with van der Waals surface area (Å²) in [5, 5.41) is 3.39. The highest BCUT2D eigenvalue weighted by atomic mass is 127. The minimum absolute atomic E-state index is 0. The summed E-state index contributed by atoms with van der Waals surface area (Å²) < 4.78 is 5.16. The molecule has 1 atom stereocenters. The zero-order valence-corrected chi connectivity index (χ0v) is 17.7. The van der Waals surface area contributed by atoms with E-state index in [0.717, 1.165) is 44.0 Å². The molecule has 1 N–H and O–H groups in total. The molecule has 0 unspecified atom stereocenters. The molecule has 1 fully saturated rings. The molecule has 0 bridgehead atoms. The molecular weight excluding hydrogens is 431 g/mol. The number of halogens is 1. The smallest absolute Gasteiger partial charge is 0.310 e. The first-order chi connectivity index (χ1) is 11.6. The second-order valence-electron chi connectivity index (χ2n) is 6.07. The molecule has 6 nitrogen and oxygen atoms in total. The second kappa shape index (κ2) is 11.3. The number of esters is 1. The van der Waals surface area contributed by atoms with Crippen molar-refractivity contribution >= 4 is 35.9 Å². The number of hydrogen-bond donors (Lipinski definition) is 1. The number of guanidine groups is 1. The van der Waals surface area contributed by atoms with Crippen molar-refractivity contribution in [3.63, 3.8) is 0 Å². The molecule has 1 aromatic heterocycles. The first-order valence-corrected chi connectivity index (χ1v) is 8.67. The lowest BCUT2D eigenvalue weighted by Gasteiger charge is -2.33. The summed E-state index contributed by atoms with van der Waals surface area (Å²) in [4.78, 5) is 22.8. The number of aromatic nitrogens is 1. The zero-order valence-electron chi connectivity index (χ0n) is 15.3. The number of pyridine rings is 1. The lowest BCUT2D eigenvalue weighted by Crippen LogP contribution is -2.48. The van der Waals surface area contributed by atoms with Crippen LogP contribution in [0.2, 0.25) is 0 Å². The zero-order chi connectivity index (χ0) is 17.4. The van der Waals surface area contributed by atoms with Crippen LogP contribution in [0.25, 0.3) is 0 Å². The van der Waals surface area contributed by atoms with Crippen LogP contribution in [0.4, 0.5) is 0 Å². The Hall–Kier alpha value is -1.38. The lowest BCUT2D eigenvalue weighted by molar-refractivity contribution is -0.149. The molecule has 140 valence electrons. The highest BCUT2D eigenvalue weighted by Crippen LogP contribution is 2.18. The van der Waals surface area contributed by atoms with E-state index in [9.17, 15) is 4.79 Å². The molecule has 1 aromatic rings. The number of nitrogens with zero attached hydrogens (tertiary/aromatic N) is 3. The molecule has 0 aliphatic carbocycles. The van der Waals surface area contributed by atoms with Crippen LogP contribution in [0.1, 0.15) is 31.0 Å². The van der Waals surface area contributed by atoms with Gasteiger partial charge in [-0.25, -0.2) is 0 Å². The number of aryl methyl sites for hydroxylation is 1. The van der Waals surface area contributed by atoms with Crippen LogP contribution in [0, 0.1) is 12.8 Å². The van der Waals surface area contributed by atoms with Gasteiger partial charge >= 0.3 is 5.97 Å². The van der Waals surface area contributed by atoms with Gasteiger partial charge in [0, 0.05) is 38.6 Å². The van der Waals surface area contributed by atoms with Crippen LogP contribution in [0.3, 0.4) is 0 Å². The standard InChI is InChI=1S/C18H28N4O2.HI/c1-4-24-17(23)16-6-5-11-22(13-16)18(19-3)20-10-9-15-8-7-14(2)21-12-15;/h7-8,12,16H,4-6,9-11,13H2,1-3H3,(H,19,20);1H/t16-;/m0./s1. The number of carbonyl (C=O) groups excluding carboxylic acids is 1. The van der Waals surface area contributed by atoms with Crippen molar-refractivity contribution in [1.82, 2.24) is 15.2 Å². The van der Waals surface area contributed by atoms with Crippen molar-refractivity contribution in [2.24, 2.45) is 10.9 Å². The van der Waals surface area contributed by atoms with Crippen LogP contribution in [-0.2, 0) is 16.0 Å². The average Bonchev–Trinajstić information content (AvgIpc) is 2.60. The van der Waals surface area contributed by atoms with Crippen molar-refractivity contribution < 1.29 is 9.53 Å². The third kappa shape index (κ3) is 6.80. The molecule has 1 aliphatic rings. The fraction of sp³-hybridized carbons (Fsp3) is 0.611. The summed E-state index contributed by atoms with van der Waals surface area (Å²) in [6.45, 7) is 6.65. The van der Waals surface area contributed by atoms with E-state index in [1.165, 1.54) is 5.56 Å². The Balaban J connectivity index is 0.00000312. The van der Waals surface area contributed by atoms with E-state index < -0.39 is 0 Å². The molecule has 1 saturated heterocycles. The molecule has 0 spiro atoms. The van der Waals surface area contributed by atoms with E-state index in [-0.39, 0.29) is 35.9 Å². The van der Waals surface area contributed by atoms with E-state index in [1.807, 2.05) is 26.1 Å². The van der Waals surface area contributed by atoms with Crippen LogP contribution < -0.4 is 5.32 Å². The Bertz CT molecular complexity index is 563. The fourth-order valence-electron chi connectivity index (χ4n) is 2.92. The molecule has 2 rings (SSSR count). The second-order valence-corrected chi connectivity index (χ2v) is 6.07. The van der Waals surface area contributed by atoms with E-state index >= 15 is 0 Å². The van der Waals surface area contributed by atoms with E-state index in [2.05, 4.69) is 26.3 Å². The van der Waals surface area contributed by atoms with Crippen molar-refractivity contribution in [2.45, 2.75) is 33.1 Å². The van der Waals surface area contributed by atoms with Gasteiger partial charge in [0.25, 0.3) is 0 Å². The number of ether oxygens (including phenoxy) is 1. The Kier molecular flexibility index (Phi) is 9.77. The third-order valence-electron chi connectivity index (χ3n) is 4.22. The van der Waals surface area contributed by atoms with Crippen molar-refractivity contribution in [3.8, 4) is 0 Å². The van der Waals surface area contributed by atoms with Gasteiger partial charge in [0.1, 0.15) is 0 Å². The normalized spacial score (nSPS) is 17.6. The van der Waals surface area contributed by atoms with Crippen molar-refractivity contribution in [1.29, 1.82) is 0 Å². The van der Waals surface area contributed by atoms with Gasteiger partial charge in [-0.05, 0) is 44.7 Å². The highest BCUT2D eigenvalue weighted by Gasteiger charge is 2.28. The minimum Gasteiger partial charge on any atom is -0.466 e. The Morgan fingerprint density at radius 1 is 1.48 bits per heavy atom. The molecule has 0 saturated carbocycles. The van der Waals surface area contributed by atoms with E-state index in [0.29, 0.717) is 13.2 Å². The fourth-order valence-corrected chi connectivity index (χ4v) is 2.92. The first-order valence-electron chi connectivity index (χ1n) is 8.67. The molecule has 0 radical (unpaired) electrons. The van der Waals surface area contributed by atoms with E-state index in [1.54, 1.807) is 7.05 Å². The number of rotatable bonds is 5. The molecule has 2 heterocycles. The number of carbonyl (C=O) groups is 1. The van der Waals surface area contributed by atoms with Crippen LogP contribution in [0.15, 0.2) is 23.3 Å². The Labute approximate surface area is 167 Å². The number of nitrogens with one attached hydrogen (secondary N) is 1. The van der Waals surface area contributed by atoms with Crippen molar-refractivity contribution in [3.05, 3.63) is 29.6 Å². The molecular formula is C18H29IN4O2. The van der Waals surface area contributed by atoms with Gasteiger partial charge in [-0.3, -0.25) is 14.8 Å². The van der Waals surface area contributed by atoms with E-state index in [4.69, 9.17) is 4.74 Å². The van der Waals surface area contributed by atoms with Gasteiger partial charge in [0.05, 0.1) is 12.5 Å². The van der Waals surface area contributed by atoms with Crippen LogP contribution in [0.5, 0.6) is 0 Å². The quantitative estimate of drug-likeness (QED) is 0.317. The molecule has 1 aliphatic heterocycles. The maximum Gasteiger partial charge on any atom is 0.310 e. The number of hydrogen-bond acceptors (Lipinski definition) is 4.